The molecule has 2 rings (SSSR count). The number of hydrogen-bond donors (Lipinski definition) is 3. The van der Waals surface area contributed by atoms with Crippen molar-refractivity contribution in [1.82, 2.24) is 5.43 Å². The van der Waals surface area contributed by atoms with Crippen LogP contribution in [0.15, 0.2) is 53.0 Å². The van der Waals surface area contributed by atoms with Gasteiger partial charge in [0.1, 0.15) is 12.4 Å². The second-order valence-corrected chi connectivity index (χ2v) is 5.59. The number of hydrazine groups is 1. The monoisotopic (exact) mass is 364 g/mol. The molecule has 0 heterocycles. The zero-order valence-corrected chi connectivity index (χ0v) is 13.6. The molecule has 0 aliphatic heterocycles. The van der Waals surface area contributed by atoms with Crippen molar-refractivity contribution in [1.29, 1.82) is 0 Å². The molecular weight excluding hydrogens is 350 g/mol. The number of hydrazone groups is 1. The van der Waals surface area contributed by atoms with Gasteiger partial charge in [0.05, 0.1) is 5.56 Å². The Kier molecular flexibility index (Phi) is 5.71. The number of nitrogens with two attached hydrogens (primary N) is 1. The largest absolute Gasteiger partial charge is 0.488 e. The molecule has 0 saturated carbocycles. The summed E-state index contributed by atoms with van der Waals surface area (Å²) in [5.74, 6) is 0.776. The molecule has 108 valence electrons. The fraction of sp³-hybridized carbons (Fsp3) is 0.0667. The van der Waals surface area contributed by atoms with Gasteiger partial charge in [-0.25, -0.2) is 0 Å². The van der Waals surface area contributed by atoms with Crippen molar-refractivity contribution in [3.8, 4) is 5.75 Å². The maximum absolute atomic E-state index is 5.84. The van der Waals surface area contributed by atoms with E-state index in [1.165, 1.54) is 0 Å². The average Bonchev–Trinajstić information content (AvgIpc) is 2.47. The Balaban J connectivity index is 2.04. The van der Waals surface area contributed by atoms with Crippen LogP contribution >= 0.6 is 28.1 Å². The fourth-order valence-corrected chi connectivity index (χ4v) is 1.98. The van der Waals surface area contributed by atoms with Crippen molar-refractivity contribution in [2.75, 3.05) is 0 Å². The summed E-state index contributed by atoms with van der Waals surface area (Å²) in [6.07, 6.45) is 1.75. The summed E-state index contributed by atoms with van der Waals surface area (Å²) in [5.41, 5.74) is 9.99. The Morgan fingerprint density at radius 2 is 1.95 bits per heavy atom. The predicted molar refractivity (Wildman–Crippen MR) is 91.0 cm³/mol. The smallest absolute Gasteiger partial charge is 0.221 e. The van der Waals surface area contributed by atoms with E-state index < -0.39 is 0 Å². The van der Waals surface area contributed by atoms with Crippen LogP contribution in [0.1, 0.15) is 11.1 Å². The predicted octanol–water partition coefficient (Wildman–Crippen LogP) is 1.28. The van der Waals surface area contributed by atoms with Crippen molar-refractivity contribution in [2.24, 2.45) is 5.73 Å². The molecule has 0 saturated heterocycles. The number of rotatable bonds is 5. The standard InChI is InChI=1S/C15H14BrN3OS/c16-13-7-5-11(6-8-13)10-20-14-4-2-1-3-12(14)9-18-19-15(17)21/h1-9H,10H2,(H3,17,19,21)/p+1. The lowest BCUT2D eigenvalue weighted by molar-refractivity contribution is -0.499. The molecule has 4 nitrogen and oxygen atoms in total. The molecular formula is C15H15BrN3OS+. The minimum atomic E-state index is 0.180. The molecule has 0 aliphatic rings. The van der Waals surface area contributed by atoms with Crippen LogP contribution in [0.2, 0.25) is 0 Å². The molecule has 0 spiro atoms. The molecule has 6 heteroatoms. The molecule has 0 atom stereocenters. The lowest BCUT2D eigenvalue weighted by atomic mass is 10.2. The van der Waals surface area contributed by atoms with E-state index in [0.29, 0.717) is 6.61 Å². The molecule has 0 aromatic heterocycles. The topological polar surface area (TPSA) is 61.2 Å². The highest BCUT2D eigenvalue weighted by atomic mass is 79.9. The number of halogens is 1. The summed E-state index contributed by atoms with van der Waals surface area (Å²) in [6, 6.07) is 15.7. The zero-order valence-electron chi connectivity index (χ0n) is 11.2. The van der Waals surface area contributed by atoms with Crippen LogP contribution in [-0.4, -0.2) is 11.3 Å². The summed E-state index contributed by atoms with van der Waals surface area (Å²) in [4.78, 5) is 0. The van der Waals surface area contributed by atoms with E-state index in [1.807, 2.05) is 48.5 Å². The van der Waals surface area contributed by atoms with Gasteiger partial charge in [0.2, 0.25) is 11.3 Å². The van der Waals surface area contributed by atoms with Gasteiger partial charge < -0.3 is 10.5 Å². The van der Waals surface area contributed by atoms with E-state index in [4.69, 9.17) is 22.7 Å². The molecule has 0 fully saturated rings. The highest BCUT2D eigenvalue weighted by Gasteiger charge is 2.04. The number of para-hydroxylation sites is 1. The third-order valence-corrected chi connectivity index (χ3v) is 3.28. The van der Waals surface area contributed by atoms with Crippen LogP contribution in [-0.2, 0) is 6.61 Å². The minimum Gasteiger partial charge on any atom is -0.488 e. The molecule has 0 radical (unpaired) electrons. The normalized spacial score (nSPS) is 10.5. The van der Waals surface area contributed by atoms with E-state index in [1.54, 1.807) is 6.21 Å². The van der Waals surface area contributed by atoms with Crippen molar-refractivity contribution in [3.05, 3.63) is 64.1 Å². The van der Waals surface area contributed by atoms with Gasteiger partial charge in [0.25, 0.3) is 0 Å². The third kappa shape index (κ3) is 5.17. The Hall–Kier alpha value is -1.92. The highest BCUT2D eigenvalue weighted by molar-refractivity contribution is 9.10. The average molecular weight is 365 g/mol. The van der Waals surface area contributed by atoms with Gasteiger partial charge in [0.15, 0.2) is 0 Å². The third-order valence-electron chi connectivity index (χ3n) is 2.65. The highest BCUT2D eigenvalue weighted by Crippen LogP contribution is 2.17. The minimum absolute atomic E-state index is 0.180. The first kappa shape index (κ1) is 15.5. The number of thiocarbonyl (C=S) groups is 1. The van der Waals surface area contributed by atoms with Crippen LogP contribution in [0.4, 0.5) is 0 Å². The maximum Gasteiger partial charge on any atom is 0.221 e. The van der Waals surface area contributed by atoms with Gasteiger partial charge in [0, 0.05) is 4.47 Å². The van der Waals surface area contributed by atoms with Gasteiger partial charge >= 0.3 is 0 Å². The first-order valence-corrected chi connectivity index (χ1v) is 7.46. The summed E-state index contributed by atoms with van der Waals surface area (Å²) < 4.78 is 6.89. The number of hydrogen-bond acceptors (Lipinski definition) is 2. The van der Waals surface area contributed by atoms with Gasteiger partial charge in [-0.2, -0.15) is 0 Å². The molecule has 0 amide bonds. The van der Waals surface area contributed by atoms with E-state index in [-0.39, 0.29) is 5.11 Å². The summed E-state index contributed by atoms with van der Waals surface area (Å²) in [7, 11) is 0. The molecule has 0 aliphatic carbocycles. The first-order valence-electron chi connectivity index (χ1n) is 6.25. The van der Waals surface area contributed by atoms with Gasteiger partial charge in [-0.1, -0.05) is 40.2 Å². The Labute approximate surface area is 137 Å². The van der Waals surface area contributed by atoms with Crippen molar-refractivity contribution in [3.63, 3.8) is 0 Å². The van der Waals surface area contributed by atoms with Crippen molar-refractivity contribution < 1.29 is 9.84 Å². The molecule has 0 bridgehead atoms. The van der Waals surface area contributed by atoms with E-state index >= 15 is 0 Å². The van der Waals surface area contributed by atoms with Gasteiger partial charge in [-0.3, -0.25) is 0 Å². The van der Waals surface area contributed by atoms with Crippen LogP contribution in [0, 0.1) is 0 Å². The van der Waals surface area contributed by atoms with Crippen LogP contribution in [0.25, 0.3) is 0 Å². The molecule has 4 N–H and O–H groups in total. The summed E-state index contributed by atoms with van der Waals surface area (Å²) in [5, 5.41) is 3.00. The number of ether oxygens (including phenoxy) is 1. The Morgan fingerprint density at radius 3 is 2.67 bits per heavy atom. The number of benzene rings is 2. The van der Waals surface area contributed by atoms with Crippen molar-refractivity contribution >= 4 is 39.5 Å². The second kappa shape index (κ2) is 7.75. The van der Waals surface area contributed by atoms with Gasteiger partial charge in [-0.05, 0) is 42.0 Å². The second-order valence-electron chi connectivity index (χ2n) is 4.23. The van der Waals surface area contributed by atoms with E-state index in [0.717, 1.165) is 21.3 Å². The molecule has 0 unspecified atom stereocenters. The van der Waals surface area contributed by atoms with Crippen LogP contribution < -0.4 is 21.0 Å². The van der Waals surface area contributed by atoms with Gasteiger partial charge in [-0.15, -0.1) is 10.5 Å². The molecule has 21 heavy (non-hydrogen) atoms. The zero-order chi connectivity index (χ0) is 15.1. The van der Waals surface area contributed by atoms with Crippen LogP contribution in [0.5, 0.6) is 5.75 Å². The van der Waals surface area contributed by atoms with Crippen molar-refractivity contribution in [2.45, 2.75) is 6.61 Å². The molecule has 2 aromatic rings. The number of nitrogens with one attached hydrogen (secondary N) is 2. The fourth-order valence-electron chi connectivity index (χ4n) is 1.66. The molecule has 2 aromatic carbocycles. The SMILES string of the molecule is NC(=S)N[NH+]=Cc1ccccc1OCc1ccc(Br)cc1. The van der Waals surface area contributed by atoms with E-state index in [2.05, 4.69) is 26.5 Å². The first-order chi connectivity index (χ1) is 10.1. The lowest BCUT2D eigenvalue weighted by Gasteiger charge is -2.08. The van der Waals surface area contributed by atoms with Crippen LogP contribution in [0.3, 0.4) is 0 Å². The Bertz CT molecular complexity index is 644. The Morgan fingerprint density at radius 1 is 1.24 bits per heavy atom. The summed E-state index contributed by atoms with van der Waals surface area (Å²) >= 11 is 8.13. The summed E-state index contributed by atoms with van der Waals surface area (Å²) in [6.45, 7) is 0.501. The maximum atomic E-state index is 5.84. The quantitative estimate of drug-likeness (QED) is 0.424. The van der Waals surface area contributed by atoms with E-state index in [9.17, 15) is 0 Å². The lowest BCUT2D eigenvalue weighted by Crippen LogP contribution is -2.82.